The lowest BCUT2D eigenvalue weighted by Crippen LogP contribution is -2.41. The van der Waals surface area contributed by atoms with Crippen molar-refractivity contribution in [1.29, 1.82) is 0 Å². The summed E-state index contributed by atoms with van der Waals surface area (Å²) in [6, 6.07) is 2.03. The third-order valence-electron chi connectivity index (χ3n) is 4.46. The molecule has 0 aliphatic carbocycles. The Morgan fingerprint density at radius 2 is 1.81 bits per heavy atom. The van der Waals surface area contributed by atoms with Gasteiger partial charge in [0, 0.05) is 17.2 Å². The summed E-state index contributed by atoms with van der Waals surface area (Å²) in [5.41, 5.74) is 1.26. The highest BCUT2D eigenvalue weighted by atomic mass is 16.7. The van der Waals surface area contributed by atoms with Crippen molar-refractivity contribution in [3.63, 3.8) is 0 Å². The summed E-state index contributed by atoms with van der Waals surface area (Å²) in [5.74, 6) is 0.685. The number of rotatable bonds is 4. The second-order valence-corrected chi connectivity index (χ2v) is 6.82. The van der Waals surface area contributed by atoms with Gasteiger partial charge in [0.1, 0.15) is 0 Å². The van der Waals surface area contributed by atoms with E-state index in [9.17, 15) is 0 Å². The van der Waals surface area contributed by atoms with Crippen LogP contribution in [0.15, 0.2) is 12.3 Å². The second-order valence-electron chi connectivity index (χ2n) is 6.82. The molecule has 1 aromatic rings. The van der Waals surface area contributed by atoms with E-state index >= 15 is 0 Å². The van der Waals surface area contributed by atoms with Gasteiger partial charge in [-0.25, -0.2) is 4.98 Å². The Hall–Kier alpha value is -1.07. The molecule has 1 fully saturated rings. The first-order valence-electron chi connectivity index (χ1n) is 7.65. The molecule has 4 nitrogen and oxygen atoms in total. The van der Waals surface area contributed by atoms with Crippen LogP contribution in [0.25, 0.3) is 0 Å². The minimum absolute atomic E-state index is 0.166. The molecule has 1 aromatic heterocycles. The molecule has 0 N–H and O–H groups in total. The van der Waals surface area contributed by atoms with Gasteiger partial charge < -0.3 is 14.0 Å². The minimum atomic E-state index is -0.376. The number of ether oxygens (including phenoxy) is 1. The van der Waals surface area contributed by atoms with Gasteiger partial charge in [-0.05, 0) is 48.0 Å². The van der Waals surface area contributed by atoms with Gasteiger partial charge in [0.2, 0.25) is 5.88 Å². The Kier molecular flexibility index (Phi) is 4.36. The van der Waals surface area contributed by atoms with E-state index < -0.39 is 0 Å². The quantitative estimate of drug-likeness (QED) is 0.800. The van der Waals surface area contributed by atoms with Crippen molar-refractivity contribution in [2.45, 2.75) is 72.2 Å². The van der Waals surface area contributed by atoms with Crippen LogP contribution in [0.5, 0.6) is 5.88 Å². The average Bonchev–Trinajstić information content (AvgIpc) is 2.60. The third kappa shape index (κ3) is 3.24. The topological polar surface area (TPSA) is 40.6 Å². The zero-order valence-electron chi connectivity index (χ0n) is 14.2. The average molecular weight is 291 g/mol. The first-order valence-corrected chi connectivity index (χ1v) is 7.65. The highest BCUT2D eigenvalue weighted by Gasteiger charge is 2.51. The molecule has 0 unspecified atom stereocenters. The van der Waals surface area contributed by atoms with Gasteiger partial charge >= 0.3 is 7.12 Å². The standard InChI is InChI=1S/C16H26BNO3/c1-8-12(3)19-14-11(2)9-13(10-18-14)17-20-15(4,5)16(6,7)21-17/h9-10,12H,8H2,1-7H3/t12-/m0/s1. The second kappa shape index (κ2) is 5.62. The fourth-order valence-electron chi connectivity index (χ4n) is 2.09. The van der Waals surface area contributed by atoms with Crippen molar-refractivity contribution in [2.75, 3.05) is 0 Å². The fourth-order valence-corrected chi connectivity index (χ4v) is 2.09. The van der Waals surface area contributed by atoms with Gasteiger partial charge in [-0.3, -0.25) is 0 Å². The van der Waals surface area contributed by atoms with E-state index in [1.54, 1.807) is 6.20 Å². The SMILES string of the molecule is CC[C@H](C)Oc1ncc(B2OC(C)(C)C(C)(C)O2)cc1C. The lowest BCUT2D eigenvalue weighted by Gasteiger charge is -2.32. The highest BCUT2D eigenvalue weighted by molar-refractivity contribution is 6.62. The molecule has 1 aliphatic heterocycles. The number of aromatic nitrogens is 1. The van der Waals surface area contributed by atoms with E-state index in [1.807, 2.05) is 47.6 Å². The highest BCUT2D eigenvalue weighted by Crippen LogP contribution is 2.36. The molecular formula is C16H26BNO3. The van der Waals surface area contributed by atoms with Crippen molar-refractivity contribution in [3.05, 3.63) is 17.8 Å². The summed E-state index contributed by atoms with van der Waals surface area (Å²) in [6.45, 7) is 14.3. The van der Waals surface area contributed by atoms with Crippen LogP contribution in [0.1, 0.15) is 53.5 Å². The monoisotopic (exact) mass is 291 g/mol. The van der Waals surface area contributed by atoms with E-state index in [1.165, 1.54) is 0 Å². The zero-order valence-corrected chi connectivity index (χ0v) is 14.2. The van der Waals surface area contributed by atoms with Crippen molar-refractivity contribution in [3.8, 4) is 5.88 Å². The molecule has 1 aliphatic rings. The lowest BCUT2D eigenvalue weighted by molar-refractivity contribution is 0.00578. The normalized spacial score (nSPS) is 21.4. The van der Waals surface area contributed by atoms with Gasteiger partial charge in [0.25, 0.3) is 0 Å². The summed E-state index contributed by atoms with van der Waals surface area (Å²) in [6.07, 6.45) is 2.91. The van der Waals surface area contributed by atoms with Crippen LogP contribution in [-0.4, -0.2) is 29.4 Å². The Morgan fingerprint density at radius 1 is 1.24 bits per heavy atom. The minimum Gasteiger partial charge on any atom is -0.474 e. The lowest BCUT2D eigenvalue weighted by atomic mass is 9.80. The molecular weight excluding hydrogens is 265 g/mol. The number of pyridine rings is 1. The van der Waals surface area contributed by atoms with Gasteiger partial charge in [-0.1, -0.05) is 13.0 Å². The molecule has 0 radical (unpaired) electrons. The van der Waals surface area contributed by atoms with Gasteiger partial charge in [-0.2, -0.15) is 0 Å². The summed E-state index contributed by atoms with van der Waals surface area (Å²) in [5, 5.41) is 0. The Labute approximate surface area is 128 Å². The Bertz CT molecular complexity index is 500. The van der Waals surface area contributed by atoms with Crippen LogP contribution in [-0.2, 0) is 9.31 Å². The van der Waals surface area contributed by atoms with E-state index in [2.05, 4.69) is 11.9 Å². The smallest absolute Gasteiger partial charge is 0.474 e. The van der Waals surface area contributed by atoms with Crippen molar-refractivity contribution < 1.29 is 14.0 Å². The van der Waals surface area contributed by atoms with E-state index in [0.29, 0.717) is 5.88 Å². The summed E-state index contributed by atoms with van der Waals surface area (Å²) in [7, 11) is -0.376. The van der Waals surface area contributed by atoms with Crippen LogP contribution in [0.2, 0.25) is 0 Å². The predicted octanol–water partition coefficient (Wildman–Crippen LogP) is 2.87. The Balaban J connectivity index is 2.18. The number of aryl methyl sites for hydroxylation is 1. The first kappa shape index (κ1) is 16.3. The van der Waals surface area contributed by atoms with Crippen molar-refractivity contribution in [1.82, 2.24) is 4.98 Å². The summed E-state index contributed by atoms with van der Waals surface area (Å²) >= 11 is 0. The molecule has 0 saturated carbocycles. The van der Waals surface area contributed by atoms with E-state index in [0.717, 1.165) is 17.4 Å². The zero-order chi connectivity index (χ0) is 15.8. The third-order valence-corrected chi connectivity index (χ3v) is 4.46. The van der Waals surface area contributed by atoms with Crippen LogP contribution in [0.4, 0.5) is 0 Å². The maximum Gasteiger partial charge on any atom is 0.496 e. The van der Waals surface area contributed by atoms with E-state index in [-0.39, 0.29) is 24.4 Å². The number of hydrogen-bond acceptors (Lipinski definition) is 4. The first-order chi connectivity index (χ1) is 9.66. The molecule has 0 bridgehead atoms. The van der Waals surface area contributed by atoms with E-state index in [4.69, 9.17) is 14.0 Å². The maximum atomic E-state index is 6.04. The van der Waals surface area contributed by atoms with Crippen LogP contribution in [0.3, 0.4) is 0 Å². The van der Waals surface area contributed by atoms with Crippen molar-refractivity contribution in [2.24, 2.45) is 0 Å². The molecule has 2 heterocycles. The van der Waals surface area contributed by atoms with Crippen LogP contribution in [0, 0.1) is 6.92 Å². The molecule has 1 saturated heterocycles. The van der Waals surface area contributed by atoms with Crippen LogP contribution >= 0.6 is 0 Å². The molecule has 5 heteroatoms. The molecule has 21 heavy (non-hydrogen) atoms. The molecule has 0 aromatic carbocycles. The fraction of sp³-hybridized carbons (Fsp3) is 0.688. The predicted molar refractivity (Wildman–Crippen MR) is 85.1 cm³/mol. The largest absolute Gasteiger partial charge is 0.496 e. The van der Waals surface area contributed by atoms with Gasteiger partial charge in [-0.15, -0.1) is 0 Å². The summed E-state index contributed by atoms with van der Waals surface area (Å²) in [4.78, 5) is 4.42. The Morgan fingerprint density at radius 3 is 2.29 bits per heavy atom. The van der Waals surface area contributed by atoms with Gasteiger partial charge in [0.15, 0.2) is 0 Å². The molecule has 0 spiro atoms. The number of nitrogens with zero attached hydrogens (tertiary/aromatic N) is 1. The molecule has 116 valence electrons. The molecule has 2 rings (SSSR count). The molecule has 1 atom stereocenters. The number of hydrogen-bond donors (Lipinski definition) is 0. The van der Waals surface area contributed by atoms with Crippen LogP contribution < -0.4 is 10.2 Å². The maximum absolute atomic E-state index is 6.04. The molecule has 0 amide bonds. The summed E-state index contributed by atoms with van der Waals surface area (Å²) < 4.78 is 17.9. The van der Waals surface area contributed by atoms with Crippen molar-refractivity contribution >= 4 is 12.6 Å². The van der Waals surface area contributed by atoms with Gasteiger partial charge in [0.05, 0.1) is 17.3 Å².